The number of rotatable bonds is 6. The third kappa shape index (κ3) is 6.01. The molecule has 2 aliphatic heterocycles. The van der Waals surface area contributed by atoms with E-state index in [-0.39, 0.29) is 17.9 Å². The Hall–Kier alpha value is -1.96. The maximum Gasteiger partial charge on any atom is 0.254 e. The summed E-state index contributed by atoms with van der Waals surface area (Å²) in [5.41, 5.74) is 1.05. The summed E-state index contributed by atoms with van der Waals surface area (Å²) in [6.07, 6.45) is 0.606. The summed E-state index contributed by atoms with van der Waals surface area (Å²) in [4.78, 5) is 30.1. The maximum absolute atomic E-state index is 12.9. The number of piperazine rings is 1. The zero-order chi connectivity index (χ0) is 20.8. The number of hydrogen-bond donors (Lipinski definition) is 1. The van der Waals surface area contributed by atoms with Gasteiger partial charge in [-0.1, -0.05) is 30.3 Å². The van der Waals surface area contributed by atoms with Gasteiger partial charge in [0.1, 0.15) is 0 Å². The average molecular weight is 404 g/mol. The van der Waals surface area contributed by atoms with Crippen LogP contribution < -0.4 is 0 Å². The second-order valence-electron chi connectivity index (χ2n) is 8.14. The predicted molar refractivity (Wildman–Crippen MR) is 110 cm³/mol. The quantitative estimate of drug-likeness (QED) is 0.770. The number of nitrogens with zero attached hydrogens (tertiary/aromatic N) is 3. The van der Waals surface area contributed by atoms with Gasteiger partial charge in [-0.3, -0.25) is 14.5 Å². The molecule has 2 aliphatic rings. The lowest BCUT2D eigenvalue weighted by Crippen LogP contribution is -2.51. The van der Waals surface area contributed by atoms with Crippen LogP contribution in [0.3, 0.4) is 0 Å². The molecule has 0 unspecified atom stereocenters. The molecule has 0 aromatic heterocycles. The fourth-order valence-corrected chi connectivity index (χ4v) is 4.07. The van der Waals surface area contributed by atoms with Crippen molar-refractivity contribution in [1.29, 1.82) is 0 Å². The molecule has 0 radical (unpaired) electrons. The summed E-state index contributed by atoms with van der Waals surface area (Å²) >= 11 is 0. The minimum absolute atomic E-state index is 0.0247. The monoisotopic (exact) mass is 403 g/mol. The molecule has 0 saturated carbocycles. The van der Waals surface area contributed by atoms with E-state index in [9.17, 15) is 14.7 Å². The van der Waals surface area contributed by atoms with Crippen LogP contribution in [0.25, 0.3) is 0 Å². The van der Waals surface area contributed by atoms with E-state index < -0.39 is 12.2 Å². The zero-order valence-corrected chi connectivity index (χ0v) is 17.5. The Kier molecular flexibility index (Phi) is 7.64. The van der Waals surface area contributed by atoms with Crippen LogP contribution in [-0.2, 0) is 20.9 Å². The number of aliphatic hydroxyl groups is 1. The fourth-order valence-electron chi connectivity index (χ4n) is 4.07. The first-order valence-electron chi connectivity index (χ1n) is 10.5. The van der Waals surface area contributed by atoms with Gasteiger partial charge in [0.25, 0.3) is 5.91 Å². The van der Waals surface area contributed by atoms with Crippen LogP contribution in [0.2, 0.25) is 0 Å². The van der Waals surface area contributed by atoms with E-state index >= 15 is 0 Å². The van der Waals surface area contributed by atoms with Gasteiger partial charge in [0.15, 0.2) is 6.10 Å². The second-order valence-corrected chi connectivity index (χ2v) is 8.14. The summed E-state index contributed by atoms with van der Waals surface area (Å²) in [6, 6.07) is 9.81. The third-order valence-corrected chi connectivity index (χ3v) is 5.94. The largest absolute Gasteiger partial charge is 0.390 e. The number of aliphatic hydroxyl groups excluding tert-OH is 1. The van der Waals surface area contributed by atoms with Gasteiger partial charge >= 0.3 is 0 Å². The molecule has 1 aromatic carbocycles. The second kappa shape index (κ2) is 10.2. The van der Waals surface area contributed by atoms with Gasteiger partial charge in [-0.2, -0.15) is 0 Å². The van der Waals surface area contributed by atoms with Crippen molar-refractivity contribution in [3.05, 3.63) is 35.9 Å². The average Bonchev–Trinajstić information content (AvgIpc) is 2.73. The lowest BCUT2D eigenvalue weighted by molar-refractivity contribution is -0.168. The van der Waals surface area contributed by atoms with E-state index in [1.165, 1.54) is 0 Å². The van der Waals surface area contributed by atoms with Crippen molar-refractivity contribution in [3.63, 3.8) is 0 Å². The van der Waals surface area contributed by atoms with Crippen LogP contribution in [0.5, 0.6) is 0 Å². The minimum atomic E-state index is -0.794. The molecular formula is C22H33N3O4. The molecule has 3 atom stereocenters. The highest BCUT2D eigenvalue weighted by molar-refractivity contribution is 5.81. The van der Waals surface area contributed by atoms with Gasteiger partial charge in [-0.25, -0.2) is 0 Å². The first-order chi connectivity index (χ1) is 13.9. The van der Waals surface area contributed by atoms with E-state index in [0.717, 1.165) is 51.1 Å². The molecule has 2 heterocycles. The molecule has 29 heavy (non-hydrogen) atoms. The Morgan fingerprint density at radius 2 is 1.83 bits per heavy atom. The predicted octanol–water partition coefficient (Wildman–Crippen LogP) is 1.11. The Bertz CT molecular complexity index is 676. The lowest BCUT2D eigenvalue weighted by atomic mass is 9.98. The van der Waals surface area contributed by atoms with Crippen molar-refractivity contribution in [2.24, 2.45) is 0 Å². The molecule has 2 saturated heterocycles. The molecule has 7 heteroatoms. The van der Waals surface area contributed by atoms with Crippen LogP contribution in [-0.4, -0.2) is 89.7 Å². The summed E-state index contributed by atoms with van der Waals surface area (Å²) in [6.45, 7) is 6.28. The molecule has 1 aromatic rings. The molecule has 160 valence electrons. The van der Waals surface area contributed by atoms with Gasteiger partial charge in [0.2, 0.25) is 5.91 Å². The highest BCUT2D eigenvalue weighted by Crippen LogP contribution is 2.24. The highest BCUT2D eigenvalue weighted by Gasteiger charge is 2.36. The molecule has 0 bridgehead atoms. The molecule has 2 amide bonds. The van der Waals surface area contributed by atoms with Crippen LogP contribution in [0.1, 0.15) is 31.7 Å². The Balaban J connectivity index is 1.47. The van der Waals surface area contributed by atoms with Gasteiger partial charge < -0.3 is 19.6 Å². The van der Waals surface area contributed by atoms with Crippen molar-refractivity contribution in [2.45, 2.75) is 51.0 Å². The van der Waals surface area contributed by atoms with Crippen molar-refractivity contribution in [1.82, 2.24) is 14.7 Å². The lowest BCUT2D eigenvalue weighted by Gasteiger charge is -2.37. The van der Waals surface area contributed by atoms with Crippen LogP contribution in [0, 0.1) is 0 Å². The van der Waals surface area contributed by atoms with E-state index in [1.54, 1.807) is 18.9 Å². The molecule has 1 N–H and O–H groups in total. The highest BCUT2D eigenvalue weighted by atomic mass is 16.5. The smallest absolute Gasteiger partial charge is 0.254 e. The number of ether oxygens (including phenoxy) is 1. The minimum Gasteiger partial charge on any atom is -0.390 e. The number of benzene rings is 1. The van der Waals surface area contributed by atoms with Crippen LogP contribution in [0.15, 0.2) is 30.3 Å². The fraction of sp³-hybridized carbons (Fsp3) is 0.636. The Morgan fingerprint density at radius 1 is 1.14 bits per heavy atom. The summed E-state index contributed by atoms with van der Waals surface area (Å²) < 4.78 is 6.04. The third-order valence-electron chi connectivity index (χ3n) is 5.94. The molecule has 3 rings (SSSR count). The number of likely N-dealkylation sites (N-methyl/N-ethyl adjacent to an activating group) is 1. The number of carbonyl (C=O) groups is 2. The van der Waals surface area contributed by atoms with Crippen molar-refractivity contribution in [2.75, 3.05) is 39.8 Å². The van der Waals surface area contributed by atoms with E-state index in [1.807, 2.05) is 35.2 Å². The molecular weight excluding hydrogens is 370 g/mol. The van der Waals surface area contributed by atoms with Gasteiger partial charge in [-0.05, 0) is 24.8 Å². The molecule has 0 spiro atoms. The van der Waals surface area contributed by atoms with E-state index in [0.29, 0.717) is 13.0 Å². The van der Waals surface area contributed by atoms with E-state index in [2.05, 4.69) is 4.90 Å². The van der Waals surface area contributed by atoms with Gasteiger partial charge in [-0.15, -0.1) is 0 Å². The Morgan fingerprint density at radius 3 is 2.48 bits per heavy atom. The van der Waals surface area contributed by atoms with Crippen LogP contribution >= 0.6 is 0 Å². The van der Waals surface area contributed by atoms with Crippen molar-refractivity contribution in [3.8, 4) is 0 Å². The first-order valence-corrected chi connectivity index (χ1v) is 10.5. The topological polar surface area (TPSA) is 73.3 Å². The normalized spacial score (nSPS) is 25.6. The maximum atomic E-state index is 12.9. The molecule has 0 aliphatic carbocycles. The molecule has 2 fully saturated rings. The zero-order valence-electron chi connectivity index (χ0n) is 17.5. The number of amides is 2. The van der Waals surface area contributed by atoms with Crippen molar-refractivity contribution >= 4 is 11.8 Å². The van der Waals surface area contributed by atoms with Gasteiger partial charge in [0, 0.05) is 53.2 Å². The van der Waals surface area contributed by atoms with Gasteiger partial charge in [0.05, 0.1) is 12.2 Å². The number of hydrogen-bond acceptors (Lipinski definition) is 5. The molecule has 7 nitrogen and oxygen atoms in total. The van der Waals surface area contributed by atoms with Crippen LogP contribution in [0.4, 0.5) is 0 Å². The van der Waals surface area contributed by atoms with E-state index in [4.69, 9.17) is 4.74 Å². The SMILES string of the molecule is CC(=O)N1CCN(CC[C@@H]2CC[C@H](O)[C@@H](C(=O)N(C)Cc3ccccc3)O2)CC1. The summed E-state index contributed by atoms with van der Waals surface area (Å²) in [5.74, 6) is -0.0312. The van der Waals surface area contributed by atoms with Crippen molar-refractivity contribution < 1.29 is 19.4 Å². The summed E-state index contributed by atoms with van der Waals surface area (Å²) in [7, 11) is 1.75. The number of carbonyl (C=O) groups excluding carboxylic acids is 2. The first kappa shape index (κ1) is 21.7. The summed E-state index contributed by atoms with van der Waals surface area (Å²) in [5, 5.41) is 10.3. The Labute approximate surface area is 173 Å². The standard InChI is InChI=1S/C22H33N3O4/c1-17(26)25-14-12-24(13-15-25)11-10-19-8-9-20(27)21(29-19)22(28)23(2)16-18-6-4-3-5-7-18/h3-7,19-21,27H,8-16H2,1-2H3/t19-,20-,21-/m0/s1.